The molecule has 0 unspecified atom stereocenters. The molecule has 1 aliphatic heterocycles. The second-order valence-corrected chi connectivity index (χ2v) is 8.79. The maximum atomic E-state index is 13.3. The van der Waals surface area contributed by atoms with Gasteiger partial charge in [-0.1, -0.05) is 27.5 Å². The van der Waals surface area contributed by atoms with E-state index in [0.29, 0.717) is 29.5 Å². The molecular formula is C17H17BrClNO3S. The minimum Gasteiger partial charge on any atom is -0.492 e. The molecule has 0 fully saturated rings. The summed E-state index contributed by atoms with van der Waals surface area (Å²) in [5.74, 6) is 0.319. The third-order valence-corrected chi connectivity index (χ3v) is 6.61. The zero-order valence-corrected chi connectivity index (χ0v) is 16.5. The van der Waals surface area contributed by atoms with Gasteiger partial charge in [-0.3, -0.25) is 4.31 Å². The van der Waals surface area contributed by atoms with Gasteiger partial charge in [-0.25, -0.2) is 8.42 Å². The second kappa shape index (κ2) is 6.58. The number of rotatable bonds is 4. The number of halogens is 2. The van der Waals surface area contributed by atoms with E-state index in [4.69, 9.17) is 16.3 Å². The van der Waals surface area contributed by atoms with Crippen molar-refractivity contribution >= 4 is 43.2 Å². The number of hydrogen-bond acceptors (Lipinski definition) is 3. The molecule has 0 bridgehead atoms. The van der Waals surface area contributed by atoms with Crippen LogP contribution in [0.5, 0.6) is 5.75 Å². The lowest BCUT2D eigenvalue weighted by atomic mass is 10.1. The topological polar surface area (TPSA) is 46.6 Å². The van der Waals surface area contributed by atoms with Crippen LogP contribution in [0.2, 0.25) is 5.02 Å². The SMILES string of the molecule is CCOc1ccc(Cl)cc1S(=O)(=O)N1c2ccc(Br)cc2C[C@@H]1C. The van der Waals surface area contributed by atoms with E-state index in [0.717, 1.165) is 10.0 Å². The van der Waals surface area contributed by atoms with Gasteiger partial charge in [0, 0.05) is 15.5 Å². The third-order valence-electron chi connectivity index (χ3n) is 3.94. The molecule has 1 atom stereocenters. The Morgan fingerprint density at radius 3 is 2.75 bits per heavy atom. The molecule has 1 heterocycles. The Morgan fingerprint density at radius 1 is 1.29 bits per heavy atom. The zero-order chi connectivity index (χ0) is 17.5. The molecule has 2 aromatic carbocycles. The second-order valence-electron chi connectivity index (χ2n) is 5.65. The molecule has 0 radical (unpaired) electrons. The Kier molecular flexibility index (Phi) is 4.82. The number of sulfonamides is 1. The molecule has 2 aromatic rings. The summed E-state index contributed by atoms with van der Waals surface area (Å²) in [6, 6.07) is 10.1. The molecule has 0 aromatic heterocycles. The molecule has 0 N–H and O–H groups in total. The first-order valence-electron chi connectivity index (χ1n) is 7.59. The maximum Gasteiger partial charge on any atom is 0.268 e. The monoisotopic (exact) mass is 429 g/mol. The summed E-state index contributed by atoms with van der Waals surface area (Å²) in [5.41, 5.74) is 1.70. The average molecular weight is 431 g/mol. The molecular weight excluding hydrogens is 414 g/mol. The van der Waals surface area contributed by atoms with E-state index in [1.54, 1.807) is 12.1 Å². The maximum absolute atomic E-state index is 13.3. The van der Waals surface area contributed by atoms with Crippen molar-refractivity contribution in [3.63, 3.8) is 0 Å². The number of nitrogens with zero attached hydrogens (tertiary/aromatic N) is 1. The van der Waals surface area contributed by atoms with Crippen molar-refractivity contribution in [2.75, 3.05) is 10.9 Å². The van der Waals surface area contributed by atoms with Crippen molar-refractivity contribution in [3.05, 3.63) is 51.5 Å². The zero-order valence-electron chi connectivity index (χ0n) is 13.3. The van der Waals surface area contributed by atoms with Gasteiger partial charge in [-0.15, -0.1) is 0 Å². The highest BCUT2D eigenvalue weighted by molar-refractivity contribution is 9.10. The van der Waals surface area contributed by atoms with Crippen LogP contribution in [0, 0.1) is 0 Å². The standard InChI is InChI=1S/C17H17BrClNO3S/c1-3-23-16-7-5-14(19)10-17(16)24(21,22)20-11(2)8-12-9-13(18)4-6-15(12)20/h4-7,9-11H,3,8H2,1-2H3/t11-/m0/s1. The summed E-state index contributed by atoms with van der Waals surface area (Å²) >= 11 is 9.48. The quantitative estimate of drug-likeness (QED) is 0.710. The molecule has 0 saturated carbocycles. The number of anilines is 1. The fraction of sp³-hybridized carbons (Fsp3) is 0.294. The summed E-state index contributed by atoms with van der Waals surface area (Å²) in [6.45, 7) is 4.09. The fourth-order valence-corrected chi connectivity index (χ4v) is 5.50. The van der Waals surface area contributed by atoms with Gasteiger partial charge < -0.3 is 4.74 Å². The predicted octanol–water partition coefficient (Wildman–Crippen LogP) is 4.64. The van der Waals surface area contributed by atoms with Crippen molar-refractivity contribution < 1.29 is 13.2 Å². The smallest absolute Gasteiger partial charge is 0.268 e. The van der Waals surface area contributed by atoms with Gasteiger partial charge in [0.05, 0.1) is 12.3 Å². The van der Waals surface area contributed by atoms with E-state index < -0.39 is 10.0 Å². The summed E-state index contributed by atoms with van der Waals surface area (Å²) in [7, 11) is -3.78. The largest absolute Gasteiger partial charge is 0.492 e. The van der Waals surface area contributed by atoms with Crippen LogP contribution >= 0.6 is 27.5 Å². The van der Waals surface area contributed by atoms with E-state index in [1.165, 1.54) is 10.4 Å². The van der Waals surface area contributed by atoms with E-state index in [1.807, 2.05) is 32.0 Å². The number of benzene rings is 2. The lowest BCUT2D eigenvalue weighted by Gasteiger charge is -2.25. The molecule has 0 spiro atoms. The Hall–Kier alpha value is -1.24. The lowest BCUT2D eigenvalue weighted by Crippen LogP contribution is -2.36. The number of fused-ring (bicyclic) bond motifs is 1. The van der Waals surface area contributed by atoms with Gasteiger partial charge >= 0.3 is 0 Å². The van der Waals surface area contributed by atoms with Crippen LogP contribution < -0.4 is 9.04 Å². The highest BCUT2D eigenvalue weighted by Crippen LogP contribution is 2.40. The first-order valence-corrected chi connectivity index (χ1v) is 10.2. The van der Waals surface area contributed by atoms with Crippen molar-refractivity contribution in [3.8, 4) is 5.75 Å². The first-order chi connectivity index (χ1) is 11.3. The lowest BCUT2D eigenvalue weighted by molar-refractivity contribution is 0.331. The summed E-state index contributed by atoms with van der Waals surface area (Å²) < 4.78 is 34.5. The number of hydrogen-bond donors (Lipinski definition) is 0. The van der Waals surface area contributed by atoms with Crippen molar-refractivity contribution in [2.24, 2.45) is 0 Å². The molecule has 0 amide bonds. The molecule has 0 aliphatic carbocycles. The van der Waals surface area contributed by atoms with Crippen LogP contribution in [-0.4, -0.2) is 21.1 Å². The molecule has 24 heavy (non-hydrogen) atoms. The molecule has 1 aliphatic rings. The van der Waals surface area contributed by atoms with E-state index >= 15 is 0 Å². The van der Waals surface area contributed by atoms with Crippen LogP contribution in [0.1, 0.15) is 19.4 Å². The van der Waals surface area contributed by atoms with Crippen LogP contribution in [0.3, 0.4) is 0 Å². The van der Waals surface area contributed by atoms with Gasteiger partial charge in [0.25, 0.3) is 10.0 Å². The minimum absolute atomic E-state index is 0.0967. The molecule has 128 valence electrons. The Balaban J connectivity index is 2.14. The minimum atomic E-state index is -3.78. The molecule has 3 rings (SSSR count). The summed E-state index contributed by atoms with van der Waals surface area (Å²) in [5, 5.41) is 0.361. The Labute approximate surface area is 155 Å². The van der Waals surface area contributed by atoms with Crippen molar-refractivity contribution in [2.45, 2.75) is 31.2 Å². The van der Waals surface area contributed by atoms with Gasteiger partial charge in [0.15, 0.2) is 0 Å². The van der Waals surface area contributed by atoms with E-state index in [2.05, 4.69) is 15.9 Å². The molecule has 4 nitrogen and oxygen atoms in total. The van der Waals surface area contributed by atoms with Crippen LogP contribution in [0.15, 0.2) is 45.8 Å². The van der Waals surface area contributed by atoms with Crippen LogP contribution in [0.4, 0.5) is 5.69 Å². The van der Waals surface area contributed by atoms with Crippen molar-refractivity contribution in [1.82, 2.24) is 0 Å². The number of ether oxygens (including phenoxy) is 1. The summed E-state index contributed by atoms with van der Waals surface area (Å²) in [6.07, 6.45) is 0.665. The third kappa shape index (κ3) is 3.03. The average Bonchev–Trinajstić information content (AvgIpc) is 2.84. The Morgan fingerprint density at radius 2 is 2.04 bits per heavy atom. The highest BCUT2D eigenvalue weighted by Gasteiger charge is 2.37. The van der Waals surface area contributed by atoms with E-state index in [9.17, 15) is 8.42 Å². The van der Waals surface area contributed by atoms with Gasteiger partial charge in [0.1, 0.15) is 10.6 Å². The normalized spacial score (nSPS) is 17.0. The first kappa shape index (κ1) is 17.6. The van der Waals surface area contributed by atoms with E-state index in [-0.39, 0.29) is 10.9 Å². The summed E-state index contributed by atoms with van der Waals surface area (Å²) in [4.78, 5) is 0.0967. The Bertz CT molecular complexity index is 885. The van der Waals surface area contributed by atoms with Gasteiger partial charge in [-0.2, -0.15) is 0 Å². The molecule has 0 saturated heterocycles. The van der Waals surface area contributed by atoms with Crippen LogP contribution in [-0.2, 0) is 16.4 Å². The predicted molar refractivity (Wildman–Crippen MR) is 99.6 cm³/mol. The van der Waals surface area contributed by atoms with Crippen LogP contribution in [0.25, 0.3) is 0 Å². The van der Waals surface area contributed by atoms with Gasteiger partial charge in [-0.05, 0) is 62.2 Å². The molecule has 7 heteroatoms. The van der Waals surface area contributed by atoms with Crippen molar-refractivity contribution in [1.29, 1.82) is 0 Å². The fourth-order valence-electron chi connectivity index (χ4n) is 3.00. The van der Waals surface area contributed by atoms with Gasteiger partial charge in [0.2, 0.25) is 0 Å². The highest BCUT2D eigenvalue weighted by atomic mass is 79.9.